The molecule has 1 aromatic heterocycles. The van der Waals surface area contributed by atoms with Gasteiger partial charge >= 0.3 is 0 Å². The molecule has 1 aliphatic heterocycles. The summed E-state index contributed by atoms with van der Waals surface area (Å²) in [6.45, 7) is 5.32. The number of aromatic nitrogens is 1. The maximum atomic E-state index is 13.0. The molecule has 9 heteroatoms. The molecule has 0 aliphatic carbocycles. The Morgan fingerprint density at radius 1 is 1.11 bits per heavy atom. The van der Waals surface area contributed by atoms with E-state index in [-0.39, 0.29) is 12.5 Å². The molecular weight excluding hydrogens is 384 g/mol. The van der Waals surface area contributed by atoms with Crippen LogP contribution < -0.4 is 5.32 Å². The van der Waals surface area contributed by atoms with E-state index in [1.807, 2.05) is 13.8 Å². The highest BCUT2D eigenvalue weighted by molar-refractivity contribution is 7.89. The van der Waals surface area contributed by atoms with Gasteiger partial charge < -0.3 is 10.2 Å². The Kier molecular flexibility index (Phi) is 5.83. The molecule has 7 nitrogen and oxygen atoms in total. The molecule has 1 fully saturated rings. The number of sulfonamides is 1. The van der Waals surface area contributed by atoms with E-state index in [1.165, 1.54) is 15.8 Å². The summed E-state index contributed by atoms with van der Waals surface area (Å²) in [6.07, 6.45) is 0.600. The average Bonchev–Trinajstić information content (AvgIpc) is 2.86. The first kappa shape index (κ1) is 19.8. The smallest absolute Gasteiger partial charge is 0.258 e. The molecule has 1 amide bonds. The van der Waals surface area contributed by atoms with Gasteiger partial charge in [0.15, 0.2) is 0 Å². The molecule has 0 unspecified atom stereocenters. The van der Waals surface area contributed by atoms with Gasteiger partial charge in [0.2, 0.25) is 10.0 Å². The van der Waals surface area contributed by atoms with Crippen LogP contribution in [0, 0.1) is 13.8 Å². The van der Waals surface area contributed by atoms with Gasteiger partial charge in [-0.05, 0) is 43.9 Å². The molecular formula is C18H24N4O3S2. The molecule has 1 N–H and O–H groups in total. The predicted molar refractivity (Wildman–Crippen MR) is 107 cm³/mol. The highest BCUT2D eigenvalue weighted by Gasteiger charge is 2.30. The van der Waals surface area contributed by atoms with Gasteiger partial charge in [-0.2, -0.15) is 8.68 Å². The van der Waals surface area contributed by atoms with Crippen molar-refractivity contribution < 1.29 is 13.2 Å². The number of nitrogens with zero attached hydrogens (tertiary/aromatic N) is 3. The van der Waals surface area contributed by atoms with Crippen LogP contribution in [-0.2, 0) is 10.0 Å². The molecule has 0 radical (unpaired) electrons. The summed E-state index contributed by atoms with van der Waals surface area (Å²) in [6, 6.07) is 6.87. The van der Waals surface area contributed by atoms with Gasteiger partial charge in [0.05, 0.1) is 16.2 Å². The number of rotatable bonds is 4. The third kappa shape index (κ3) is 3.99. The van der Waals surface area contributed by atoms with E-state index in [4.69, 9.17) is 0 Å². The van der Waals surface area contributed by atoms with Crippen LogP contribution in [0.25, 0.3) is 0 Å². The van der Waals surface area contributed by atoms with Gasteiger partial charge in [0.1, 0.15) is 5.00 Å². The van der Waals surface area contributed by atoms with E-state index in [0.717, 1.165) is 10.6 Å². The van der Waals surface area contributed by atoms with Crippen LogP contribution in [0.4, 0.5) is 5.00 Å². The first-order valence-electron chi connectivity index (χ1n) is 8.84. The van der Waals surface area contributed by atoms with Gasteiger partial charge in [0.25, 0.3) is 5.91 Å². The molecule has 1 aliphatic rings. The number of nitrogens with one attached hydrogen (secondary N) is 1. The Balaban J connectivity index is 1.76. The summed E-state index contributed by atoms with van der Waals surface area (Å²) in [5.41, 5.74) is 2.29. The highest BCUT2D eigenvalue weighted by atomic mass is 32.2. The second-order valence-electron chi connectivity index (χ2n) is 6.59. The van der Waals surface area contributed by atoms with Crippen LogP contribution in [0.1, 0.15) is 28.0 Å². The van der Waals surface area contributed by atoms with Crippen LogP contribution in [0.5, 0.6) is 0 Å². The molecule has 2 heterocycles. The van der Waals surface area contributed by atoms with Crippen LogP contribution in [0.2, 0.25) is 0 Å². The zero-order valence-electron chi connectivity index (χ0n) is 15.7. The molecule has 2 aromatic rings. The van der Waals surface area contributed by atoms with Crippen LogP contribution in [-0.4, -0.2) is 61.1 Å². The Morgan fingerprint density at radius 3 is 2.48 bits per heavy atom. The Labute approximate surface area is 164 Å². The topological polar surface area (TPSA) is 82.6 Å². The summed E-state index contributed by atoms with van der Waals surface area (Å²) < 4.78 is 31.6. The molecule has 1 saturated heterocycles. The van der Waals surface area contributed by atoms with E-state index in [2.05, 4.69) is 9.69 Å². The number of carbonyl (C=O) groups excluding carboxylic acids is 1. The van der Waals surface area contributed by atoms with Gasteiger partial charge in [-0.1, -0.05) is 17.7 Å². The van der Waals surface area contributed by atoms with E-state index in [0.29, 0.717) is 42.2 Å². The quantitative estimate of drug-likeness (QED) is 0.840. The summed E-state index contributed by atoms with van der Waals surface area (Å²) in [5.74, 6) is -0.0971. The largest absolute Gasteiger partial charge is 0.378 e. The molecule has 3 rings (SSSR count). The van der Waals surface area contributed by atoms with Crippen molar-refractivity contribution in [1.82, 2.24) is 13.6 Å². The standard InChI is InChI=1S/C18H24N4O3S2/c1-13-5-7-15(8-6-13)27(24,25)22-10-4-9-21(11-12-22)18(23)16-14(2)20-26-17(16)19-3/h5-8,19H,4,9-12H2,1-3H3. The fourth-order valence-electron chi connectivity index (χ4n) is 3.15. The fourth-order valence-corrected chi connectivity index (χ4v) is 5.35. The van der Waals surface area contributed by atoms with Crippen molar-refractivity contribution in [1.29, 1.82) is 0 Å². The number of anilines is 1. The maximum Gasteiger partial charge on any atom is 0.258 e. The second-order valence-corrected chi connectivity index (χ2v) is 9.30. The Bertz CT molecular complexity index is 923. The number of benzene rings is 1. The number of amides is 1. The van der Waals surface area contributed by atoms with Crippen molar-refractivity contribution in [2.24, 2.45) is 0 Å². The van der Waals surface area contributed by atoms with Crippen LogP contribution in [0.15, 0.2) is 29.2 Å². The van der Waals surface area contributed by atoms with Crippen molar-refractivity contribution >= 4 is 32.5 Å². The predicted octanol–water partition coefficient (Wildman–Crippen LogP) is 2.34. The number of aryl methyl sites for hydroxylation is 2. The minimum Gasteiger partial charge on any atom is -0.378 e. The number of hydrogen-bond donors (Lipinski definition) is 1. The van der Waals surface area contributed by atoms with Gasteiger partial charge in [-0.3, -0.25) is 4.79 Å². The fraction of sp³-hybridized carbons (Fsp3) is 0.444. The van der Waals surface area contributed by atoms with Crippen LogP contribution >= 0.6 is 11.5 Å². The van der Waals surface area contributed by atoms with Crippen molar-refractivity contribution in [3.05, 3.63) is 41.1 Å². The lowest BCUT2D eigenvalue weighted by Gasteiger charge is -2.22. The van der Waals surface area contributed by atoms with E-state index in [9.17, 15) is 13.2 Å². The summed E-state index contributed by atoms with van der Waals surface area (Å²) in [4.78, 5) is 15.0. The Hall–Kier alpha value is -1.97. The first-order chi connectivity index (χ1) is 12.8. The molecule has 27 heavy (non-hydrogen) atoms. The summed E-state index contributed by atoms with van der Waals surface area (Å²) >= 11 is 1.26. The van der Waals surface area contributed by atoms with Crippen molar-refractivity contribution in [3.63, 3.8) is 0 Å². The van der Waals surface area contributed by atoms with Gasteiger partial charge in [-0.15, -0.1) is 0 Å². The molecule has 0 spiro atoms. The number of carbonyl (C=O) groups is 1. The maximum absolute atomic E-state index is 13.0. The molecule has 0 bridgehead atoms. The lowest BCUT2D eigenvalue weighted by Crippen LogP contribution is -2.37. The summed E-state index contributed by atoms with van der Waals surface area (Å²) in [7, 11) is -1.79. The minimum atomic E-state index is -3.55. The van der Waals surface area contributed by atoms with Crippen molar-refractivity contribution in [2.45, 2.75) is 25.2 Å². The third-order valence-electron chi connectivity index (χ3n) is 4.70. The molecule has 0 atom stereocenters. The van der Waals surface area contributed by atoms with E-state index < -0.39 is 10.0 Å². The minimum absolute atomic E-state index is 0.0971. The third-order valence-corrected chi connectivity index (χ3v) is 7.57. The zero-order valence-corrected chi connectivity index (χ0v) is 17.4. The normalized spacial score (nSPS) is 16.2. The Morgan fingerprint density at radius 2 is 1.81 bits per heavy atom. The van der Waals surface area contributed by atoms with Crippen molar-refractivity contribution in [2.75, 3.05) is 38.5 Å². The van der Waals surface area contributed by atoms with Crippen molar-refractivity contribution in [3.8, 4) is 0 Å². The van der Waals surface area contributed by atoms with Crippen LogP contribution in [0.3, 0.4) is 0 Å². The number of hydrogen-bond acceptors (Lipinski definition) is 6. The SMILES string of the molecule is CNc1snc(C)c1C(=O)N1CCCN(S(=O)(=O)c2ccc(C)cc2)CC1. The lowest BCUT2D eigenvalue weighted by molar-refractivity contribution is 0.0764. The first-order valence-corrected chi connectivity index (χ1v) is 11.1. The molecule has 146 valence electrons. The highest BCUT2D eigenvalue weighted by Crippen LogP contribution is 2.26. The monoisotopic (exact) mass is 408 g/mol. The van der Waals surface area contributed by atoms with E-state index >= 15 is 0 Å². The zero-order chi connectivity index (χ0) is 19.6. The lowest BCUT2D eigenvalue weighted by atomic mass is 10.2. The van der Waals surface area contributed by atoms with Gasteiger partial charge in [-0.25, -0.2) is 8.42 Å². The summed E-state index contributed by atoms with van der Waals surface area (Å²) in [5, 5.41) is 3.75. The second kappa shape index (κ2) is 7.95. The average molecular weight is 409 g/mol. The van der Waals surface area contributed by atoms with E-state index in [1.54, 1.807) is 36.2 Å². The molecule has 1 aromatic carbocycles. The molecule has 0 saturated carbocycles. The van der Waals surface area contributed by atoms with Gasteiger partial charge in [0, 0.05) is 33.2 Å².